The van der Waals surface area contributed by atoms with Crippen molar-refractivity contribution in [3.63, 3.8) is 0 Å². The summed E-state index contributed by atoms with van der Waals surface area (Å²) in [5.74, 6) is -4.56. The molecule has 0 spiro atoms. The van der Waals surface area contributed by atoms with Gasteiger partial charge in [-0.3, -0.25) is 0 Å². The number of carboxylic acids is 2. The van der Waals surface area contributed by atoms with E-state index in [0.29, 0.717) is 6.42 Å². The molecule has 49 heavy (non-hydrogen) atoms. The van der Waals surface area contributed by atoms with Gasteiger partial charge < -0.3 is 19.8 Å². The van der Waals surface area contributed by atoms with E-state index in [2.05, 4.69) is 182 Å². The van der Waals surface area contributed by atoms with E-state index in [1.54, 1.807) is 0 Å². The number of hydrogen-bond donors (Lipinski definition) is 0. The molecule has 0 saturated carbocycles. The molecule has 0 aliphatic carbocycles. The summed E-state index contributed by atoms with van der Waals surface area (Å²) >= 11 is 0. The predicted octanol–water partition coefficient (Wildman–Crippen LogP) is 7.86. The second-order valence-electron chi connectivity index (χ2n) is 10.8. The first-order valence-corrected chi connectivity index (χ1v) is 18.6. The lowest BCUT2D eigenvalue weighted by Gasteiger charge is -2.17. The molecule has 6 heteroatoms. The molecule has 0 heterocycles. The molecule has 0 saturated heterocycles. The Balaban J connectivity index is 0.000000173. The molecule has 0 fully saturated rings. The van der Waals surface area contributed by atoms with Gasteiger partial charge in [-0.2, -0.15) is 0 Å². The van der Waals surface area contributed by atoms with Crippen LogP contribution < -0.4 is 10.2 Å². The van der Waals surface area contributed by atoms with Gasteiger partial charge in [0.05, 0.1) is 33.7 Å². The van der Waals surface area contributed by atoms with Crippen LogP contribution in [0.5, 0.6) is 0 Å². The maximum Gasteiger partial charge on any atom is 0.166 e. The van der Waals surface area contributed by atoms with Gasteiger partial charge >= 0.3 is 0 Å². The predicted molar refractivity (Wildman–Crippen MR) is 196 cm³/mol. The molecular weight excluding hydrogens is 645 g/mol. The number of benzene rings is 6. The van der Waals surface area contributed by atoms with Crippen molar-refractivity contribution in [2.75, 3.05) is 0 Å². The number of carbonyl (C=O) groups excluding carboxylic acids is 2. The average Bonchev–Trinajstić information content (AvgIpc) is 3.15. The van der Waals surface area contributed by atoms with E-state index in [0.717, 1.165) is 6.42 Å². The van der Waals surface area contributed by atoms with Crippen molar-refractivity contribution in [3.8, 4) is 0 Å². The molecule has 0 aromatic heterocycles. The molecule has 4 nitrogen and oxygen atoms in total. The van der Waals surface area contributed by atoms with Crippen molar-refractivity contribution >= 4 is 33.7 Å². The zero-order valence-corrected chi connectivity index (χ0v) is 29.1. The van der Waals surface area contributed by atoms with Crippen LogP contribution in [0.3, 0.4) is 0 Å². The molecule has 0 amide bonds. The molecule has 6 aromatic carbocycles. The Morgan fingerprint density at radius 3 is 0.796 bits per heavy atom. The molecule has 0 aliphatic rings. The number of aliphatic carboxylic acids is 2. The molecular formula is C43H40O4S2. The minimum absolute atomic E-state index is 0.0146. The number of hydrogen-bond acceptors (Lipinski definition) is 4. The van der Waals surface area contributed by atoms with Gasteiger partial charge in [-0.25, -0.2) is 0 Å². The number of carbonyl (C=O) groups is 2. The SMILES string of the molecule is CCCCC(C(=O)[O-])C(=O)[O-].c1ccc([S+](c2ccccc2)c2ccccc2)cc1.c1ccc([S+](c2ccccc2)c2ccccc2)cc1. The Bertz CT molecular complexity index is 1470. The Labute approximate surface area is 295 Å². The fourth-order valence-electron chi connectivity index (χ4n) is 4.90. The van der Waals surface area contributed by atoms with E-state index >= 15 is 0 Å². The van der Waals surface area contributed by atoms with Crippen LogP contribution in [0.15, 0.2) is 211 Å². The second-order valence-corrected chi connectivity index (χ2v) is 14.9. The van der Waals surface area contributed by atoms with Gasteiger partial charge in [-0.1, -0.05) is 129 Å². The minimum Gasteiger partial charge on any atom is -0.549 e. The maximum atomic E-state index is 10.1. The van der Waals surface area contributed by atoms with Gasteiger partial charge in [-0.15, -0.1) is 0 Å². The minimum atomic E-state index is -1.56. The third kappa shape index (κ3) is 11.6. The maximum absolute atomic E-state index is 10.1. The van der Waals surface area contributed by atoms with Crippen molar-refractivity contribution in [2.45, 2.75) is 55.6 Å². The molecule has 0 bridgehead atoms. The van der Waals surface area contributed by atoms with Gasteiger partial charge in [-0.05, 0) is 79.2 Å². The van der Waals surface area contributed by atoms with E-state index in [-0.39, 0.29) is 28.2 Å². The van der Waals surface area contributed by atoms with Gasteiger partial charge in [0.25, 0.3) is 0 Å². The molecule has 6 rings (SSSR count). The number of carboxylic acid groups (broad SMARTS) is 2. The third-order valence-electron chi connectivity index (χ3n) is 7.29. The standard InChI is InChI=1S/2C18H15S.C7H12O4/c2*1-4-10-16(11-5-1)19(17-12-6-2-7-13-17)18-14-8-3-9-15-18;1-2-3-4-5(6(8)9)7(10)11/h2*1-15H;5H,2-4H2,1H3,(H,8,9)(H,10,11)/q2*+1;/p-2. The smallest absolute Gasteiger partial charge is 0.166 e. The quantitative estimate of drug-likeness (QED) is 0.103. The van der Waals surface area contributed by atoms with Crippen LogP contribution in [0, 0.1) is 5.92 Å². The molecule has 0 atom stereocenters. The molecule has 0 N–H and O–H groups in total. The Morgan fingerprint density at radius 1 is 0.429 bits per heavy atom. The topological polar surface area (TPSA) is 80.3 Å². The van der Waals surface area contributed by atoms with E-state index < -0.39 is 17.9 Å². The first-order chi connectivity index (χ1) is 24.0. The first kappa shape index (κ1) is 36.8. The Hall–Kier alpha value is -5.04. The summed E-state index contributed by atoms with van der Waals surface area (Å²) in [5.41, 5.74) is 0. The monoisotopic (exact) mass is 684 g/mol. The summed E-state index contributed by atoms with van der Waals surface area (Å²) in [6.45, 7) is 1.85. The second kappa shape index (κ2) is 20.4. The fourth-order valence-corrected chi connectivity index (χ4v) is 9.10. The van der Waals surface area contributed by atoms with Crippen LogP contribution in [-0.2, 0) is 31.4 Å². The number of unbranched alkanes of at least 4 members (excludes halogenated alkanes) is 1. The van der Waals surface area contributed by atoms with Crippen molar-refractivity contribution in [2.24, 2.45) is 5.92 Å². The Kier molecular flexibility index (Phi) is 15.3. The van der Waals surface area contributed by atoms with Crippen LogP contribution in [0.25, 0.3) is 0 Å². The lowest BCUT2D eigenvalue weighted by atomic mass is 10.0. The molecule has 0 radical (unpaired) electrons. The van der Waals surface area contributed by atoms with Crippen LogP contribution >= 0.6 is 0 Å². The largest absolute Gasteiger partial charge is 0.549 e. The summed E-state index contributed by atoms with van der Waals surface area (Å²) in [6, 6.07) is 64.3. The highest BCUT2D eigenvalue weighted by Crippen LogP contribution is 2.31. The average molecular weight is 685 g/mol. The normalized spacial score (nSPS) is 10.4. The summed E-state index contributed by atoms with van der Waals surface area (Å²) < 4.78 is 0. The Morgan fingerprint density at radius 2 is 0.633 bits per heavy atom. The van der Waals surface area contributed by atoms with Gasteiger partial charge in [0.1, 0.15) is 0 Å². The van der Waals surface area contributed by atoms with E-state index in [9.17, 15) is 19.8 Å². The van der Waals surface area contributed by atoms with Crippen molar-refractivity contribution < 1.29 is 19.8 Å². The van der Waals surface area contributed by atoms with Crippen LogP contribution in [0.2, 0.25) is 0 Å². The summed E-state index contributed by atoms with van der Waals surface area (Å²) in [6.07, 6.45) is 1.42. The van der Waals surface area contributed by atoms with Crippen molar-refractivity contribution in [1.82, 2.24) is 0 Å². The van der Waals surface area contributed by atoms with Crippen LogP contribution in [0.1, 0.15) is 26.2 Å². The highest BCUT2D eigenvalue weighted by Gasteiger charge is 2.28. The molecule has 248 valence electrons. The van der Waals surface area contributed by atoms with E-state index in [4.69, 9.17) is 0 Å². The lowest BCUT2D eigenvalue weighted by Crippen LogP contribution is -2.43. The van der Waals surface area contributed by atoms with E-state index in [1.165, 1.54) is 29.4 Å². The summed E-state index contributed by atoms with van der Waals surface area (Å²) in [4.78, 5) is 28.4. The first-order valence-electron chi connectivity index (χ1n) is 16.2. The van der Waals surface area contributed by atoms with Crippen molar-refractivity contribution in [3.05, 3.63) is 182 Å². The molecule has 0 unspecified atom stereocenters. The van der Waals surface area contributed by atoms with Crippen LogP contribution in [-0.4, -0.2) is 11.9 Å². The van der Waals surface area contributed by atoms with E-state index in [1.807, 2.05) is 6.92 Å². The van der Waals surface area contributed by atoms with Crippen molar-refractivity contribution in [1.29, 1.82) is 0 Å². The van der Waals surface area contributed by atoms with Gasteiger partial charge in [0.2, 0.25) is 0 Å². The zero-order chi connectivity index (χ0) is 34.7. The molecule has 6 aromatic rings. The zero-order valence-electron chi connectivity index (χ0n) is 27.5. The molecule has 0 aliphatic heterocycles. The highest BCUT2D eigenvalue weighted by molar-refractivity contribution is 7.97. The summed E-state index contributed by atoms with van der Waals surface area (Å²) in [7, 11) is -0.0293. The van der Waals surface area contributed by atoms with Gasteiger partial charge in [0.15, 0.2) is 29.4 Å². The lowest BCUT2D eigenvalue weighted by molar-refractivity contribution is -0.332. The van der Waals surface area contributed by atoms with Gasteiger partial charge in [0, 0.05) is 5.92 Å². The van der Waals surface area contributed by atoms with Crippen LogP contribution in [0.4, 0.5) is 0 Å². The summed E-state index contributed by atoms with van der Waals surface area (Å²) in [5, 5.41) is 20.2. The fraction of sp³-hybridized carbons (Fsp3) is 0.116. The number of rotatable bonds is 11. The highest BCUT2D eigenvalue weighted by atomic mass is 32.2. The third-order valence-corrected chi connectivity index (χ3v) is 11.8.